The van der Waals surface area contributed by atoms with Gasteiger partial charge in [-0.3, -0.25) is 14.6 Å². The molecule has 0 amide bonds. The van der Waals surface area contributed by atoms with E-state index in [4.69, 9.17) is 9.72 Å². The third-order valence-electron chi connectivity index (χ3n) is 6.07. The number of aryl methyl sites for hydroxylation is 1. The van der Waals surface area contributed by atoms with Crippen molar-refractivity contribution >= 4 is 11.6 Å². The Labute approximate surface area is 165 Å². The molecule has 0 saturated carbocycles. The fourth-order valence-corrected chi connectivity index (χ4v) is 4.66. The Morgan fingerprint density at radius 2 is 2.14 bits per heavy atom. The predicted molar refractivity (Wildman–Crippen MR) is 106 cm³/mol. The molecule has 0 unspecified atom stereocenters. The summed E-state index contributed by atoms with van der Waals surface area (Å²) in [6.07, 6.45) is 6.22. The van der Waals surface area contributed by atoms with Gasteiger partial charge in [0.05, 0.1) is 18.9 Å². The van der Waals surface area contributed by atoms with Crippen molar-refractivity contribution in [1.82, 2.24) is 19.2 Å². The molecule has 2 saturated heterocycles. The first-order valence-corrected chi connectivity index (χ1v) is 10.3. The lowest BCUT2D eigenvalue weighted by molar-refractivity contribution is -0.137. The Hall–Kier alpha value is -1.96. The van der Waals surface area contributed by atoms with Crippen LogP contribution in [0.2, 0.25) is 0 Å². The summed E-state index contributed by atoms with van der Waals surface area (Å²) < 4.78 is 7.58. The van der Waals surface area contributed by atoms with E-state index in [-0.39, 0.29) is 6.42 Å². The molecule has 2 atom stereocenters. The number of aliphatic carboxylic acids is 1. The highest BCUT2D eigenvalue weighted by atomic mass is 16.5. The second kappa shape index (κ2) is 8.59. The van der Waals surface area contributed by atoms with Gasteiger partial charge in [0, 0.05) is 57.6 Å². The summed E-state index contributed by atoms with van der Waals surface area (Å²) in [5, 5.41) is 9.18. The normalized spacial score (nSPS) is 24.6. The van der Waals surface area contributed by atoms with E-state index < -0.39 is 5.97 Å². The van der Waals surface area contributed by atoms with Crippen LogP contribution in [0.5, 0.6) is 0 Å². The topological polar surface area (TPSA) is 70.3 Å². The molecule has 2 aromatic heterocycles. The summed E-state index contributed by atoms with van der Waals surface area (Å²) in [5.41, 5.74) is 3.28. The molecular weight excluding hydrogens is 356 g/mol. The summed E-state index contributed by atoms with van der Waals surface area (Å²) >= 11 is 0. The van der Waals surface area contributed by atoms with Crippen LogP contribution in [0.4, 0.5) is 0 Å². The van der Waals surface area contributed by atoms with Gasteiger partial charge in [0.25, 0.3) is 0 Å². The highest BCUT2D eigenvalue weighted by Crippen LogP contribution is 2.28. The van der Waals surface area contributed by atoms with Gasteiger partial charge in [-0.15, -0.1) is 0 Å². The minimum Gasteiger partial charge on any atom is -0.481 e. The van der Waals surface area contributed by atoms with Gasteiger partial charge >= 0.3 is 5.97 Å². The van der Waals surface area contributed by atoms with E-state index in [0.29, 0.717) is 12.0 Å². The smallest absolute Gasteiger partial charge is 0.303 e. The van der Waals surface area contributed by atoms with Crippen LogP contribution in [0, 0.1) is 12.8 Å². The molecule has 0 bridgehead atoms. The number of carbonyl (C=O) groups is 1. The highest BCUT2D eigenvalue weighted by Gasteiger charge is 2.34. The first-order valence-electron chi connectivity index (χ1n) is 10.3. The molecule has 0 spiro atoms. The van der Waals surface area contributed by atoms with E-state index in [9.17, 15) is 9.90 Å². The second-order valence-corrected chi connectivity index (χ2v) is 8.13. The number of rotatable bonds is 6. The van der Waals surface area contributed by atoms with Gasteiger partial charge in [-0.2, -0.15) is 0 Å². The number of ether oxygens (including phenoxy) is 1. The summed E-state index contributed by atoms with van der Waals surface area (Å²) in [4.78, 5) is 20.9. The molecule has 2 aliphatic rings. The number of fused-ring (bicyclic) bond motifs is 1. The Balaban J connectivity index is 1.43. The van der Waals surface area contributed by atoms with Crippen LogP contribution in [0.15, 0.2) is 24.5 Å². The minimum absolute atomic E-state index is 0.243. The number of hydrogen-bond acceptors (Lipinski definition) is 5. The molecule has 4 heterocycles. The Bertz CT molecular complexity index is 815. The molecular formula is C21H30N4O3. The molecule has 0 aliphatic carbocycles. The molecule has 28 heavy (non-hydrogen) atoms. The average Bonchev–Trinajstić information content (AvgIpc) is 3.08. The molecule has 0 radical (unpaired) electrons. The second-order valence-electron chi connectivity index (χ2n) is 8.13. The van der Waals surface area contributed by atoms with Crippen LogP contribution < -0.4 is 0 Å². The van der Waals surface area contributed by atoms with E-state index in [1.54, 1.807) is 0 Å². The third kappa shape index (κ3) is 4.54. The molecule has 0 aromatic carbocycles. The van der Waals surface area contributed by atoms with E-state index >= 15 is 0 Å². The number of imidazole rings is 1. The summed E-state index contributed by atoms with van der Waals surface area (Å²) in [6, 6.07) is 4.65. The van der Waals surface area contributed by atoms with Crippen LogP contribution in [0.3, 0.4) is 0 Å². The number of nitrogens with zero attached hydrogens (tertiary/aromatic N) is 4. The fourth-order valence-electron chi connectivity index (χ4n) is 4.66. The van der Waals surface area contributed by atoms with Gasteiger partial charge < -0.3 is 14.2 Å². The average molecular weight is 386 g/mol. The third-order valence-corrected chi connectivity index (χ3v) is 6.07. The largest absolute Gasteiger partial charge is 0.481 e. The monoisotopic (exact) mass is 386 g/mol. The lowest BCUT2D eigenvalue weighted by atomic mass is 9.86. The summed E-state index contributed by atoms with van der Waals surface area (Å²) in [7, 11) is 0. The van der Waals surface area contributed by atoms with Crippen molar-refractivity contribution in [1.29, 1.82) is 0 Å². The van der Waals surface area contributed by atoms with E-state index in [1.165, 1.54) is 5.56 Å². The van der Waals surface area contributed by atoms with Crippen molar-refractivity contribution in [2.45, 2.75) is 38.8 Å². The van der Waals surface area contributed by atoms with E-state index in [0.717, 1.165) is 70.1 Å². The number of piperidine rings is 1. The zero-order chi connectivity index (χ0) is 19.5. The van der Waals surface area contributed by atoms with Gasteiger partial charge in [-0.1, -0.05) is 0 Å². The Morgan fingerprint density at radius 1 is 1.32 bits per heavy atom. The fraction of sp³-hybridized carbons (Fsp3) is 0.619. The van der Waals surface area contributed by atoms with Crippen LogP contribution in [-0.2, 0) is 16.1 Å². The number of hydrogen-bond donors (Lipinski definition) is 1. The molecule has 2 aromatic rings. The van der Waals surface area contributed by atoms with Gasteiger partial charge in [-0.05, 0) is 43.4 Å². The Morgan fingerprint density at radius 3 is 2.93 bits per heavy atom. The number of carboxylic acids is 1. The maximum Gasteiger partial charge on any atom is 0.303 e. The number of aromatic nitrogens is 2. The van der Waals surface area contributed by atoms with E-state index in [1.807, 2.05) is 0 Å². The quantitative estimate of drug-likeness (QED) is 0.819. The summed E-state index contributed by atoms with van der Waals surface area (Å²) in [5.74, 6) is -0.323. The van der Waals surface area contributed by atoms with Crippen molar-refractivity contribution < 1.29 is 14.6 Å². The molecule has 1 N–H and O–H groups in total. The molecule has 2 fully saturated rings. The van der Waals surface area contributed by atoms with Gasteiger partial charge in [-0.25, -0.2) is 4.98 Å². The molecule has 7 nitrogen and oxygen atoms in total. The van der Waals surface area contributed by atoms with Crippen molar-refractivity contribution in [3.05, 3.63) is 35.8 Å². The van der Waals surface area contributed by atoms with E-state index in [2.05, 4.69) is 45.7 Å². The first-order chi connectivity index (χ1) is 13.6. The zero-order valence-electron chi connectivity index (χ0n) is 16.6. The molecule has 7 heteroatoms. The molecule has 2 aliphatic heterocycles. The molecule has 152 valence electrons. The number of likely N-dealkylation sites (tertiary alicyclic amines) is 1. The van der Waals surface area contributed by atoms with Crippen molar-refractivity contribution in [2.75, 3.05) is 39.4 Å². The SMILES string of the molecule is Cc1ccn2cc(CN3CC[C@H](N4CCOCC4)[C@H](CCC(=O)O)C3)nc2c1. The standard InChI is InChI=1S/C21H30N4O3/c1-16-4-7-25-15-18(22-20(25)12-16)14-23-6-5-19(24-8-10-28-11-9-24)17(13-23)2-3-21(26)27/h4,7,12,15,17,19H,2-3,5-6,8-11,13-14H2,1H3,(H,26,27)/t17-,19+/m1/s1. The molecule has 4 rings (SSSR count). The van der Waals surface area contributed by atoms with Crippen LogP contribution in [0.25, 0.3) is 5.65 Å². The Kier molecular flexibility index (Phi) is 5.94. The highest BCUT2D eigenvalue weighted by molar-refractivity contribution is 5.66. The minimum atomic E-state index is -0.700. The van der Waals surface area contributed by atoms with Crippen LogP contribution in [0.1, 0.15) is 30.5 Å². The lowest BCUT2D eigenvalue weighted by Crippen LogP contribution is -2.53. The predicted octanol–water partition coefficient (Wildman–Crippen LogP) is 2.03. The maximum atomic E-state index is 11.2. The lowest BCUT2D eigenvalue weighted by Gasteiger charge is -2.45. The van der Waals surface area contributed by atoms with Gasteiger partial charge in [0.1, 0.15) is 5.65 Å². The van der Waals surface area contributed by atoms with Gasteiger partial charge in [0.2, 0.25) is 0 Å². The van der Waals surface area contributed by atoms with Gasteiger partial charge in [0.15, 0.2) is 0 Å². The number of pyridine rings is 1. The number of carboxylic acid groups (broad SMARTS) is 1. The van der Waals surface area contributed by atoms with Crippen molar-refractivity contribution in [3.63, 3.8) is 0 Å². The van der Waals surface area contributed by atoms with Crippen molar-refractivity contribution in [3.8, 4) is 0 Å². The van der Waals surface area contributed by atoms with Crippen LogP contribution in [-0.4, -0.2) is 75.7 Å². The maximum absolute atomic E-state index is 11.2. The van der Waals surface area contributed by atoms with Crippen LogP contribution >= 0.6 is 0 Å². The number of morpholine rings is 1. The first kappa shape index (κ1) is 19.4. The summed E-state index contributed by atoms with van der Waals surface area (Å²) in [6.45, 7) is 8.34. The zero-order valence-corrected chi connectivity index (χ0v) is 16.6. The van der Waals surface area contributed by atoms with Crippen molar-refractivity contribution in [2.24, 2.45) is 5.92 Å².